The first-order chi connectivity index (χ1) is 15.1. The van der Waals surface area contributed by atoms with Crippen LogP contribution in [0.25, 0.3) is 10.9 Å². The number of ether oxygens (including phenoxy) is 2. The number of aromatic amines is 1. The van der Waals surface area contributed by atoms with Crippen molar-refractivity contribution in [1.29, 1.82) is 0 Å². The summed E-state index contributed by atoms with van der Waals surface area (Å²) in [4.78, 5) is 41.1. The van der Waals surface area contributed by atoms with E-state index in [9.17, 15) is 14.4 Å². The lowest BCUT2D eigenvalue weighted by Gasteiger charge is -2.18. The SMILES string of the molecule is COc1ccc(C(=O)[C@@H](OC(=O)c2cc(=O)[nH]c3ccccc23)c2ccccc2)cc1. The predicted octanol–water partition coefficient (Wildman–Crippen LogP) is 4.32. The van der Waals surface area contributed by atoms with Crippen molar-refractivity contribution in [3.8, 4) is 5.75 Å². The lowest BCUT2D eigenvalue weighted by atomic mass is 9.99. The Morgan fingerprint density at radius 3 is 2.26 bits per heavy atom. The fourth-order valence-electron chi connectivity index (χ4n) is 3.35. The number of H-pyrrole nitrogens is 1. The number of Topliss-reactive ketones (excluding diaryl/α,β-unsaturated/α-hetero) is 1. The number of carbonyl (C=O) groups excluding carboxylic acids is 2. The molecule has 0 radical (unpaired) electrons. The largest absolute Gasteiger partial charge is 0.497 e. The molecule has 4 aromatic rings. The van der Waals surface area contributed by atoms with Crippen LogP contribution in [0.2, 0.25) is 0 Å². The summed E-state index contributed by atoms with van der Waals surface area (Å²) in [5, 5.41) is 0.538. The van der Waals surface area contributed by atoms with Gasteiger partial charge in [0.1, 0.15) is 5.75 Å². The maximum atomic E-state index is 13.3. The van der Waals surface area contributed by atoms with Gasteiger partial charge in [0.05, 0.1) is 12.7 Å². The molecule has 1 N–H and O–H groups in total. The summed E-state index contributed by atoms with van der Waals surface area (Å²) >= 11 is 0. The van der Waals surface area contributed by atoms with Crippen molar-refractivity contribution >= 4 is 22.7 Å². The third kappa shape index (κ3) is 4.23. The van der Waals surface area contributed by atoms with Gasteiger partial charge in [0.25, 0.3) is 0 Å². The van der Waals surface area contributed by atoms with Crippen LogP contribution in [0, 0.1) is 0 Å². The summed E-state index contributed by atoms with van der Waals surface area (Å²) in [5.41, 5.74) is 1.09. The second-order valence-corrected chi connectivity index (χ2v) is 6.88. The highest BCUT2D eigenvalue weighted by Crippen LogP contribution is 2.26. The van der Waals surface area contributed by atoms with Crippen molar-refractivity contribution in [2.75, 3.05) is 7.11 Å². The van der Waals surface area contributed by atoms with Crippen LogP contribution in [0.15, 0.2) is 89.7 Å². The van der Waals surface area contributed by atoms with E-state index >= 15 is 0 Å². The Hall–Kier alpha value is -4.19. The molecular formula is C25H19NO5. The van der Waals surface area contributed by atoms with Crippen LogP contribution < -0.4 is 10.3 Å². The van der Waals surface area contributed by atoms with Gasteiger partial charge in [0.15, 0.2) is 6.10 Å². The monoisotopic (exact) mass is 413 g/mol. The molecule has 0 bridgehead atoms. The number of esters is 1. The van der Waals surface area contributed by atoms with E-state index in [1.807, 2.05) is 6.07 Å². The predicted molar refractivity (Wildman–Crippen MR) is 116 cm³/mol. The molecule has 31 heavy (non-hydrogen) atoms. The number of methoxy groups -OCH3 is 1. The summed E-state index contributed by atoms with van der Waals surface area (Å²) in [6, 6.07) is 23.5. The van der Waals surface area contributed by atoms with E-state index < -0.39 is 17.6 Å². The van der Waals surface area contributed by atoms with Crippen LogP contribution in [-0.2, 0) is 4.74 Å². The number of nitrogens with one attached hydrogen (secondary N) is 1. The van der Waals surface area contributed by atoms with Crippen LogP contribution in [0.4, 0.5) is 0 Å². The van der Waals surface area contributed by atoms with Gasteiger partial charge in [-0.15, -0.1) is 0 Å². The van der Waals surface area contributed by atoms with E-state index in [-0.39, 0.29) is 11.3 Å². The Bertz CT molecular complexity index is 1290. The first kappa shape index (κ1) is 20.1. The summed E-state index contributed by atoms with van der Waals surface area (Å²) in [6.07, 6.45) is -1.17. The molecule has 0 saturated heterocycles. The molecule has 1 heterocycles. The summed E-state index contributed by atoms with van der Waals surface area (Å²) in [6.45, 7) is 0. The number of fused-ring (bicyclic) bond motifs is 1. The molecule has 0 spiro atoms. The third-order valence-electron chi connectivity index (χ3n) is 4.91. The number of aromatic nitrogens is 1. The zero-order valence-electron chi connectivity index (χ0n) is 16.7. The Labute approximate surface area is 178 Å². The number of para-hydroxylation sites is 1. The first-order valence-electron chi connectivity index (χ1n) is 9.63. The molecule has 1 atom stereocenters. The van der Waals surface area contributed by atoms with Crippen molar-refractivity contribution in [2.45, 2.75) is 6.10 Å². The van der Waals surface area contributed by atoms with E-state index in [2.05, 4.69) is 4.98 Å². The van der Waals surface area contributed by atoms with E-state index in [0.29, 0.717) is 27.8 Å². The van der Waals surface area contributed by atoms with Crippen LogP contribution in [-0.4, -0.2) is 23.8 Å². The Balaban J connectivity index is 1.72. The lowest BCUT2D eigenvalue weighted by molar-refractivity contribution is 0.0281. The molecule has 0 aliphatic rings. The first-order valence-corrected chi connectivity index (χ1v) is 9.63. The van der Waals surface area contributed by atoms with Gasteiger partial charge in [-0.3, -0.25) is 9.59 Å². The molecule has 0 saturated carbocycles. The minimum absolute atomic E-state index is 0.0998. The van der Waals surface area contributed by atoms with E-state index in [0.717, 1.165) is 0 Å². The number of benzene rings is 3. The van der Waals surface area contributed by atoms with Gasteiger partial charge in [0.2, 0.25) is 11.3 Å². The molecule has 4 rings (SSSR count). The average molecular weight is 413 g/mol. The van der Waals surface area contributed by atoms with E-state index in [1.54, 1.807) is 72.8 Å². The quantitative estimate of drug-likeness (QED) is 0.376. The molecule has 154 valence electrons. The van der Waals surface area contributed by atoms with Crippen molar-refractivity contribution in [3.05, 3.63) is 112 Å². The molecule has 0 unspecified atom stereocenters. The van der Waals surface area contributed by atoms with Gasteiger partial charge in [0, 0.05) is 28.1 Å². The molecular weight excluding hydrogens is 394 g/mol. The normalized spacial score (nSPS) is 11.6. The number of rotatable bonds is 6. The number of carbonyl (C=O) groups is 2. The Morgan fingerprint density at radius 1 is 0.871 bits per heavy atom. The Kier molecular flexibility index (Phi) is 5.62. The second kappa shape index (κ2) is 8.67. The van der Waals surface area contributed by atoms with Crippen molar-refractivity contribution in [2.24, 2.45) is 0 Å². The highest BCUT2D eigenvalue weighted by molar-refractivity contribution is 6.06. The van der Waals surface area contributed by atoms with Gasteiger partial charge in [-0.1, -0.05) is 48.5 Å². The minimum Gasteiger partial charge on any atom is -0.497 e. The molecule has 3 aromatic carbocycles. The van der Waals surface area contributed by atoms with Gasteiger partial charge in [-0.2, -0.15) is 0 Å². The highest BCUT2D eigenvalue weighted by Gasteiger charge is 2.27. The van der Waals surface area contributed by atoms with Crippen LogP contribution >= 0.6 is 0 Å². The topological polar surface area (TPSA) is 85.5 Å². The van der Waals surface area contributed by atoms with Gasteiger partial charge in [-0.25, -0.2) is 4.79 Å². The van der Waals surface area contributed by atoms with Gasteiger partial charge in [-0.05, 0) is 30.3 Å². The summed E-state index contributed by atoms with van der Waals surface area (Å²) in [7, 11) is 1.54. The van der Waals surface area contributed by atoms with Gasteiger partial charge >= 0.3 is 5.97 Å². The molecule has 6 heteroatoms. The standard InChI is InChI=1S/C25H19NO5/c1-30-18-13-11-16(12-14-18)23(28)24(17-7-3-2-4-8-17)31-25(29)20-15-22(27)26-21-10-6-5-9-19(20)21/h2-15,24H,1H3,(H,26,27)/t24-/m0/s1. The second-order valence-electron chi connectivity index (χ2n) is 6.88. The number of hydrogen-bond acceptors (Lipinski definition) is 5. The third-order valence-corrected chi connectivity index (χ3v) is 4.91. The Morgan fingerprint density at radius 2 is 1.55 bits per heavy atom. The molecule has 0 aliphatic carbocycles. The maximum absolute atomic E-state index is 13.3. The smallest absolute Gasteiger partial charge is 0.340 e. The van der Waals surface area contributed by atoms with Crippen molar-refractivity contribution in [3.63, 3.8) is 0 Å². The molecule has 0 amide bonds. The van der Waals surface area contributed by atoms with Crippen LogP contribution in [0.5, 0.6) is 5.75 Å². The van der Waals surface area contributed by atoms with E-state index in [1.165, 1.54) is 13.2 Å². The van der Waals surface area contributed by atoms with Gasteiger partial charge < -0.3 is 14.5 Å². The van der Waals surface area contributed by atoms with Crippen molar-refractivity contribution < 1.29 is 19.1 Å². The lowest BCUT2D eigenvalue weighted by Crippen LogP contribution is -2.21. The van der Waals surface area contributed by atoms with Crippen LogP contribution in [0.1, 0.15) is 32.4 Å². The number of ketones is 1. The molecule has 6 nitrogen and oxygen atoms in total. The molecule has 0 aliphatic heterocycles. The molecule has 0 fully saturated rings. The number of pyridine rings is 1. The average Bonchev–Trinajstić information content (AvgIpc) is 2.82. The molecule has 1 aromatic heterocycles. The fraction of sp³-hybridized carbons (Fsp3) is 0.0800. The minimum atomic E-state index is -1.17. The van der Waals surface area contributed by atoms with Crippen molar-refractivity contribution in [1.82, 2.24) is 4.98 Å². The summed E-state index contributed by atoms with van der Waals surface area (Å²) in [5.74, 6) is -0.519. The number of hydrogen-bond donors (Lipinski definition) is 1. The fourth-order valence-corrected chi connectivity index (χ4v) is 3.35. The zero-order valence-corrected chi connectivity index (χ0v) is 16.7. The maximum Gasteiger partial charge on any atom is 0.340 e. The van der Waals surface area contributed by atoms with Crippen LogP contribution in [0.3, 0.4) is 0 Å². The van der Waals surface area contributed by atoms with E-state index in [4.69, 9.17) is 9.47 Å². The summed E-state index contributed by atoms with van der Waals surface area (Å²) < 4.78 is 10.8. The highest BCUT2D eigenvalue weighted by atomic mass is 16.5. The zero-order chi connectivity index (χ0) is 21.8.